The molecule has 0 aliphatic carbocycles. The number of halogens is 5. The van der Waals surface area contributed by atoms with Crippen molar-refractivity contribution < 1.29 is 13.2 Å². The van der Waals surface area contributed by atoms with E-state index in [0.717, 1.165) is 8.99 Å². The number of nitrogens with zero attached hydrogens (tertiary/aromatic N) is 2. The molecule has 0 aliphatic heterocycles. The van der Waals surface area contributed by atoms with Crippen LogP contribution in [0.15, 0.2) is 63.9 Å². The molecule has 9 heteroatoms. The normalized spacial score (nSPS) is 11.9. The van der Waals surface area contributed by atoms with Crippen LogP contribution in [0.25, 0.3) is 28.0 Å². The summed E-state index contributed by atoms with van der Waals surface area (Å²) in [5.41, 5.74) is -0.902. The van der Waals surface area contributed by atoms with Gasteiger partial charge in [-0.25, -0.2) is 9.50 Å². The average molecular weight is 469 g/mol. The van der Waals surface area contributed by atoms with Crippen molar-refractivity contribution in [1.82, 2.24) is 14.6 Å². The highest BCUT2D eigenvalue weighted by molar-refractivity contribution is 9.10. The number of rotatable bonds is 2. The molecule has 2 aromatic heterocycles. The Hall–Kier alpha value is -2.58. The molecule has 2 heterocycles. The van der Waals surface area contributed by atoms with Gasteiger partial charge in [-0.1, -0.05) is 51.8 Å². The minimum atomic E-state index is -4.70. The predicted octanol–water partition coefficient (Wildman–Crippen LogP) is 5.79. The number of benzene rings is 2. The van der Waals surface area contributed by atoms with E-state index in [4.69, 9.17) is 11.6 Å². The summed E-state index contributed by atoms with van der Waals surface area (Å²) < 4.78 is 42.5. The molecule has 0 saturated carbocycles. The number of nitrogens with one attached hydrogen (secondary N) is 1. The Morgan fingerprint density at radius 1 is 1.04 bits per heavy atom. The van der Waals surface area contributed by atoms with E-state index in [0.29, 0.717) is 10.6 Å². The van der Waals surface area contributed by atoms with Crippen LogP contribution in [0.3, 0.4) is 0 Å². The maximum absolute atomic E-state index is 13.7. The van der Waals surface area contributed by atoms with E-state index in [9.17, 15) is 18.0 Å². The summed E-state index contributed by atoms with van der Waals surface area (Å²) in [5, 5.41) is 2.54. The van der Waals surface area contributed by atoms with Crippen LogP contribution in [0, 0.1) is 0 Å². The van der Waals surface area contributed by atoms with Gasteiger partial charge < -0.3 is 0 Å². The third-order valence-corrected chi connectivity index (χ3v) is 4.90. The Morgan fingerprint density at radius 3 is 2.39 bits per heavy atom. The first-order valence-corrected chi connectivity index (χ1v) is 9.16. The molecule has 4 nitrogen and oxygen atoms in total. The first-order valence-electron chi connectivity index (χ1n) is 7.99. The fourth-order valence-electron chi connectivity index (χ4n) is 2.93. The summed E-state index contributed by atoms with van der Waals surface area (Å²) in [4.78, 5) is 16.9. The van der Waals surface area contributed by atoms with E-state index in [-0.39, 0.29) is 22.5 Å². The lowest BCUT2D eigenvalue weighted by Crippen LogP contribution is -2.15. The number of alkyl halides is 3. The third-order valence-electron chi connectivity index (χ3n) is 4.15. The van der Waals surface area contributed by atoms with Crippen LogP contribution in [-0.4, -0.2) is 14.6 Å². The molecule has 28 heavy (non-hydrogen) atoms. The van der Waals surface area contributed by atoms with Crippen LogP contribution in [0.2, 0.25) is 5.02 Å². The quantitative estimate of drug-likeness (QED) is 0.405. The molecule has 0 amide bonds. The summed E-state index contributed by atoms with van der Waals surface area (Å²) in [6.45, 7) is 0. The maximum Gasteiger partial charge on any atom is 0.433 e. The van der Waals surface area contributed by atoms with E-state index < -0.39 is 17.4 Å². The minimum Gasteiger partial charge on any atom is -0.284 e. The lowest BCUT2D eigenvalue weighted by molar-refractivity contribution is -0.140. The lowest BCUT2D eigenvalue weighted by Gasteiger charge is -2.07. The van der Waals surface area contributed by atoms with Crippen LogP contribution >= 0.6 is 27.5 Å². The topological polar surface area (TPSA) is 50.2 Å². The van der Waals surface area contributed by atoms with E-state index in [1.165, 1.54) is 30.3 Å². The first-order chi connectivity index (χ1) is 13.2. The second kappa shape index (κ2) is 6.79. The average Bonchev–Trinajstić information content (AvgIpc) is 3.03. The van der Waals surface area contributed by atoms with Crippen molar-refractivity contribution in [2.75, 3.05) is 0 Å². The molecule has 0 saturated heterocycles. The van der Waals surface area contributed by atoms with Crippen molar-refractivity contribution in [1.29, 1.82) is 0 Å². The number of H-pyrrole nitrogens is 1. The van der Waals surface area contributed by atoms with Crippen molar-refractivity contribution in [2.45, 2.75) is 6.18 Å². The summed E-state index contributed by atoms with van der Waals surface area (Å²) in [6, 6.07) is 14.1. The smallest absolute Gasteiger partial charge is 0.284 e. The Labute approximate surface area is 169 Å². The Morgan fingerprint density at radius 2 is 1.75 bits per heavy atom. The summed E-state index contributed by atoms with van der Waals surface area (Å²) in [6.07, 6.45) is -4.70. The monoisotopic (exact) mass is 467 g/mol. The van der Waals surface area contributed by atoms with Crippen molar-refractivity contribution in [2.24, 2.45) is 0 Å². The van der Waals surface area contributed by atoms with E-state index in [1.807, 2.05) is 0 Å². The molecule has 4 rings (SSSR count). The summed E-state index contributed by atoms with van der Waals surface area (Å²) >= 11 is 9.20. The Balaban J connectivity index is 2.07. The van der Waals surface area contributed by atoms with Crippen molar-refractivity contribution in [3.63, 3.8) is 0 Å². The van der Waals surface area contributed by atoms with Crippen LogP contribution in [-0.2, 0) is 6.18 Å². The molecule has 142 valence electrons. The zero-order chi connectivity index (χ0) is 20.1. The van der Waals surface area contributed by atoms with Crippen molar-refractivity contribution >= 4 is 33.2 Å². The molecule has 0 spiro atoms. The zero-order valence-corrected chi connectivity index (χ0v) is 16.2. The Kier molecular flexibility index (Phi) is 4.55. The first kappa shape index (κ1) is 18.8. The van der Waals surface area contributed by atoms with Gasteiger partial charge in [0.25, 0.3) is 5.56 Å². The molecule has 0 atom stereocenters. The van der Waals surface area contributed by atoms with Gasteiger partial charge in [-0.05, 0) is 29.8 Å². The fraction of sp³-hybridized carbons (Fsp3) is 0.0526. The van der Waals surface area contributed by atoms with Gasteiger partial charge in [0, 0.05) is 21.1 Å². The molecular formula is C19H10BrClF3N3O. The predicted molar refractivity (Wildman–Crippen MR) is 104 cm³/mol. The molecule has 1 N–H and O–H groups in total. The molecule has 0 bridgehead atoms. The Bertz CT molecular complexity index is 1250. The van der Waals surface area contributed by atoms with Gasteiger partial charge in [0.1, 0.15) is 5.69 Å². The molecule has 2 aromatic carbocycles. The molecule has 0 fully saturated rings. The number of hydrogen-bond donors (Lipinski definition) is 1. The zero-order valence-electron chi connectivity index (χ0n) is 13.9. The molecule has 0 radical (unpaired) electrons. The van der Waals surface area contributed by atoms with Crippen molar-refractivity contribution in [3.05, 3.63) is 80.1 Å². The number of aromatic amines is 1. The number of hydrogen-bond acceptors (Lipinski definition) is 2. The van der Waals surface area contributed by atoms with Gasteiger partial charge in [-0.3, -0.25) is 9.89 Å². The van der Waals surface area contributed by atoms with Crippen LogP contribution in [0.5, 0.6) is 0 Å². The molecule has 0 unspecified atom stereocenters. The second-order valence-corrected chi connectivity index (χ2v) is 7.37. The maximum atomic E-state index is 13.7. The molecule has 4 aromatic rings. The van der Waals surface area contributed by atoms with Crippen LogP contribution in [0.1, 0.15) is 5.69 Å². The van der Waals surface area contributed by atoms with E-state index in [2.05, 4.69) is 26.0 Å². The standard InChI is InChI=1S/C19H10BrClF3N3O/c20-12-3-1-2-11(8-12)14-9-15(28)27-18(25-14)16(17(26-27)19(22,23)24)10-4-6-13(21)7-5-10/h1-9,26H. The summed E-state index contributed by atoms with van der Waals surface area (Å²) in [7, 11) is 0. The largest absolute Gasteiger partial charge is 0.433 e. The third kappa shape index (κ3) is 3.33. The minimum absolute atomic E-state index is 0.114. The van der Waals surface area contributed by atoms with Gasteiger partial charge in [0.15, 0.2) is 5.65 Å². The SMILES string of the molecule is O=c1cc(-c2cccc(Br)c2)nc2c(-c3ccc(Cl)cc3)c(C(F)(F)F)[nH]n12. The van der Waals surface area contributed by atoms with Crippen LogP contribution < -0.4 is 5.56 Å². The lowest BCUT2D eigenvalue weighted by atomic mass is 10.1. The van der Waals surface area contributed by atoms with Gasteiger partial charge in [-0.15, -0.1) is 0 Å². The number of aromatic nitrogens is 3. The second-order valence-electron chi connectivity index (χ2n) is 6.02. The van der Waals surface area contributed by atoms with Gasteiger partial charge in [0.2, 0.25) is 0 Å². The van der Waals surface area contributed by atoms with Gasteiger partial charge >= 0.3 is 6.18 Å². The number of fused-ring (bicyclic) bond motifs is 1. The van der Waals surface area contributed by atoms with E-state index >= 15 is 0 Å². The highest BCUT2D eigenvalue weighted by Gasteiger charge is 2.38. The highest BCUT2D eigenvalue weighted by atomic mass is 79.9. The highest BCUT2D eigenvalue weighted by Crippen LogP contribution is 2.38. The molecule has 0 aliphatic rings. The fourth-order valence-corrected chi connectivity index (χ4v) is 3.45. The van der Waals surface area contributed by atoms with Crippen LogP contribution in [0.4, 0.5) is 13.2 Å². The van der Waals surface area contributed by atoms with Crippen molar-refractivity contribution in [3.8, 4) is 22.4 Å². The molecular weight excluding hydrogens is 459 g/mol. The van der Waals surface area contributed by atoms with Gasteiger partial charge in [0.05, 0.1) is 11.3 Å². The summed E-state index contributed by atoms with van der Waals surface area (Å²) in [5.74, 6) is 0. The van der Waals surface area contributed by atoms with E-state index in [1.54, 1.807) is 24.3 Å². The van der Waals surface area contributed by atoms with Gasteiger partial charge in [-0.2, -0.15) is 13.2 Å².